The molecule has 2 aromatic rings. The minimum Gasteiger partial charge on any atom is -0.497 e. The van der Waals surface area contributed by atoms with Crippen molar-refractivity contribution in [2.45, 2.75) is 33.2 Å². The first-order valence-electron chi connectivity index (χ1n) is 5.94. The van der Waals surface area contributed by atoms with Crippen LogP contribution in [-0.4, -0.2) is 18.1 Å². The number of benzene rings is 1. The number of nitrogens with one attached hydrogen (secondary N) is 1. The Labute approximate surface area is 102 Å². The quantitative estimate of drug-likeness (QED) is 0.854. The number of aromatic nitrogens is 1. The van der Waals surface area contributed by atoms with Gasteiger partial charge in [0.25, 0.3) is 0 Å². The monoisotopic (exact) mass is 232 g/mol. The molecule has 0 radical (unpaired) electrons. The summed E-state index contributed by atoms with van der Waals surface area (Å²) in [5.74, 6) is 0.903. The molecule has 3 N–H and O–H groups in total. The zero-order chi connectivity index (χ0) is 12.6. The standard InChI is InChI=1S/C14H20N2O/c1-8-5-11(17-4)7-13-12(6-9(2)15)10(3)16-14(8)13/h5,7,9,16H,6,15H2,1-4H3. The lowest BCUT2D eigenvalue weighted by Gasteiger charge is -2.07. The fraction of sp³-hybridized carbons (Fsp3) is 0.429. The zero-order valence-electron chi connectivity index (χ0n) is 10.9. The Morgan fingerprint density at radius 1 is 1.35 bits per heavy atom. The van der Waals surface area contributed by atoms with Gasteiger partial charge in [-0.25, -0.2) is 0 Å². The minimum absolute atomic E-state index is 0.166. The van der Waals surface area contributed by atoms with Gasteiger partial charge < -0.3 is 15.5 Å². The lowest BCUT2D eigenvalue weighted by Crippen LogP contribution is -2.18. The van der Waals surface area contributed by atoms with Gasteiger partial charge in [-0.3, -0.25) is 0 Å². The fourth-order valence-corrected chi connectivity index (χ4v) is 2.33. The minimum atomic E-state index is 0.166. The van der Waals surface area contributed by atoms with Crippen LogP contribution in [0.3, 0.4) is 0 Å². The maximum absolute atomic E-state index is 5.91. The van der Waals surface area contributed by atoms with Crippen LogP contribution < -0.4 is 10.5 Å². The number of ether oxygens (including phenoxy) is 1. The van der Waals surface area contributed by atoms with E-state index in [1.807, 2.05) is 13.0 Å². The highest BCUT2D eigenvalue weighted by atomic mass is 16.5. The third-order valence-corrected chi connectivity index (χ3v) is 3.16. The number of nitrogens with two attached hydrogens (primary N) is 1. The highest BCUT2D eigenvalue weighted by Crippen LogP contribution is 2.29. The Hall–Kier alpha value is -1.48. The van der Waals surface area contributed by atoms with Crippen molar-refractivity contribution in [2.24, 2.45) is 5.73 Å². The molecule has 3 nitrogen and oxygen atoms in total. The summed E-state index contributed by atoms with van der Waals surface area (Å²) in [5.41, 5.74) is 10.8. The van der Waals surface area contributed by atoms with E-state index in [0.717, 1.165) is 12.2 Å². The first-order chi connectivity index (χ1) is 8.02. The maximum atomic E-state index is 5.91. The van der Waals surface area contributed by atoms with E-state index >= 15 is 0 Å². The van der Waals surface area contributed by atoms with Gasteiger partial charge in [-0.2, -0.15) is 0 Å². The molecule has 17 heavy (non-hydrogen) atoms. The van der Waals surface area contributed by atoms with Gasteiger partial charge in [0, 0.05) is 22.6 Å². The van der Waals surface area contributed by atoms with E-state index in [0.29, 0.717) is 0 Å². The Balaban J connectivity index is 2.66. The molecule has 1 aromatic carbocycles. The van der Waals surface area contributed by atoms with Crippen LogP contribution in [0.4, 0.5) is 0 Å². The Morgan fingerprint density at radius 3 is 2.65 bits per heavy atom. The summed E-state index contributed by atoms with van der Waals surface area (Å²) >= 11 is 0. The Bertz CT molecular complexity index is 541. The highest BCUT2D eigenvalue weighted by molar-refractivity contribution is 5.88. The SMILES string of the molecule is COc1cc(C)c2[nH]c(C)c(CC(C)N)c2c1. The van der Waals surface area contributed by atoms with Crippen LogP contribution in [0, 0.1) is 13.8 Å². The molecule has 0 aliphatic carbocycles. The second kappa shape index (κ2) is 4.41. The van der Waals surface area contributed by atoms with Gasteiger partial charge in [0.05, 0.1) is 7.11 Å². The van der Waals surface area contributed by atoms with Crippen LogP contribution >= 0.6 is 0 Å². The van der Waals surface area contributed by atoms with Crippen molar-refractivity contribution in [3.63, 3.8) is 0 Å². The molecule has 1 heterocycles. The van der Waals surface area contributed by atoms with Gasteiger partial charge in [0.1, 0.15) is 5.75 Å². The predicted octanol–water partition coefficient (Wildman–Crippen LogP) is 2.68. The third kappa shape index (κ3) is 2.15. The van der Waals surface area contributed by atoms with Crippen LogP contribution in [0.5, 0.6) is 5.75 Å². The van der Waals surface area contributed by atoms with Gasteiger partial charge in [-0.05, 0) is 50.5 Å². The molecule has 0 bridgehead atoms. The summed E-state index contributed by atoms with van der Waals surface area (Å²) in [6.45, 7) is 6.23. The molecule has 0 saturated heterocycles. The summed E-state index contributed by atoms with van der Waals surface area (Å²) in [6, 6.07) is 4.30. The average molecular weight is 232 g/mol. The second-order valence-electron chi connectivity index (χ2n) is 4.78. The molecule has 0 amide bonds. The van der Waals surface area contributed by atoms with Crippen LogP contribution in [0.1, 0.15) is 23.7 Å². The number of fused-ring (bicyclic) bond motifs is 1. The first-order valence-corrected chi connectivity index (χ1v) is 5.94. The number of aryl methyl sites for hydroxylation is 2. The molecule has 0 saturated carbocycles. The lowest BCUT2D eigenvalue weighted by atomic mass is 10.0. The highest BCUT2D eigenvalue weighted by Gasteiger charge is 2.12. The van der Waals surface area contributed by atoms with Crippen molar-refractivity contribution in [3.8, 4) is 5.75 Å². The number of H-pyrrole nitrogens is 1. The molecule has 0 aliphatic rings. The largest absolute Gasteiger partial charge is 0.497 e. The van der Waals surface area contributed by atoms with Gasteiger partial charge in [-0.15, -0.1) is 0 Å². The van der Waals surface area contributed by atoms with E-state index in [2.05, 4.69) is 24.9 Å². The van der Waals surface area contributed by atoms with E-state index in [1.54, 1.807) is 7.11 Å². The maximum Gasteiger partial charge on any atom is 0.119 e. The number of methoxy groups -OCH3 is 1. The van der Waals surface area contributed by atoms with Crippen molar-refractivity contribution in [1.82, 2.24) is 4.98 Å². The van der Waals surface area contributed by atoms with Crippen molar-refractivity contribution < 1.29 is 4.74 Å². The molecule has 92 valence electrons. The van der Waals surface area contributed by atoms with E-state index < -0.39 is 0 Å². The molecule has 0 spiro atoms. The Kier molecular flexibility index (Phi) is 3.11. The normalized spacial score (nSPS) is 13.0. The zero-order valence-corrected chi connectivity index (χ0v) is 10.9. The Morgan fingerprint density at radius 2 is 2.06 bits per heavy atom. The van der Waals surface area contributed by atoms with E-state index in [4.69, 9.17) is 10.5 Å². The van der Waals surface area contributed by atoms with Gasteiger partial charge in [0.2, 0.25) is 0 Å². The smallest absolute Gasteiger partial charge is 0.119 e. The topological polar surface area (TPSA) is 51.0 Å². The van der Waals surface area contributed by atoms with Crippen LogP contribution in [0.15, 0.2) is 12.1 Å². The van der Waals surface area contributed by atoms with Crippen molar-refractivity contribution in [2.75, 3.05) is 7.11 Å². The predicted molar refractivity (Wildman–Crippen MR) is 71.7 cm³/mol. The number of hydrogen-bond acceptors (Lipinski definition) is 2. The molecular formula is C14H20N2O. The average Bonchev–Trinajstić information content (AvgIpc) is 2.56. The first kappa shape index (κ1) is 12.0. The summed E-state index contributed by atoms with van der Waals surface area (Å²) in [5, 5.41) is 1.23. The molecular weight excluding hydrogens is 212 g/mol. The van der Waals surface area contributed by atoms with Crippen LogP contribution in [0.25, 0.3) is 10.9 Å². The molecule has 1 atom stereocenters. The number of aromatic amines is 1. The van der Waals surface area contributed by atoms with Gasteiger partial charge in [-0.1, -0.05) is 0 Å². The van der Waals surface area contributed by atoms with E-state index in [9.17, 15) is 0 Å². The molecule has 1 unspecified atom stereocenters. The summed E-state index contributed by atoms with van der Waals surface area (Å²) in [4.78, 5) is 3.44. The second-order valence-corrected chi connectivity index (χ2v) is 4.78. The number of rotatable bonds is 3. The molecule has 0 aliphatic heterocycles. The summed E-state index contributed by atoms with van der Waals surface area (Å²) < 4.78 is 5.33. The summed E-state index contributed by atoms with van der Waals surface area (Å²) in [6.07, 6.45) is 0.887. The van der Waals surface area contributed by atoms with Gasteiger partial charge in [0.15, 0.2) is 0 Å². The van der Waals surface area contributed by atoms with Crippen LogP contribution in [-0.2, 0) is 6.42 Å². The lowest BCUT2D eigenvalue weighted by molar-refractivity contribution is 0.415. The summed E-state index contributed by atoms with van der Waals surface area (Å²) in [7, 11) is 1.70. The van der Waals surface area contributed by atoms with E-state index in [-0.39, 0.29) is 6.04 Å². The molecule has 2 rings (SSSR count). The van der Waals surface area contributed by atoms with E-state index in [1.165, 1.54) is 27.7 Å². The van der Waals surface area contributed by atoms with Gasteiger partial charge >= 0.3 is 0 Å². The fourth-order valence-electron chi connectivity index (χ4n) is 2.33. The number of hydrogen-bond donors (Lipinski definition) is 2. The molecule has 3 heteroatoms. The van der Waals surface area contributed by atoms with Crippen LogP contribution in [0.2, 0.25) is 0 Å². The van der Waals surface area contributed by atoms with Crippen molar-refractivity contribution in [3.05, 3.63) is 29.0 Å². The third-order valence-electron chi connectivity index (χ3n) is 3.16. The molecule has 0 fully saturated rings. The van der Waals surface area contributed by atoms with Crippen molar-refractivity contribution in [1.29, 1.82) is 0 Å². The van der Waals surface area contributed by atoms with Crippen molar-refractivity contribution >= 4 is 10.9 Å². The molecule has 1 aromatic heterocycles.